The van der Waals surface area contributed by atoms with Crippen molar-refractivity contribution in [2.75, 3.05) is 6.61 Å². The Morgan fingerprint density at radius 1 is 1.09 bits per heavy atom. The van der Waals surface area contributed by atoms with Gasteiger partial charge < -0.3 is 10.1 Å². The lowest BCUT2D eigenvalue weighted by molar-refractivity contribution is -0.121. The van der Waals surface area contributed by atoms with Crippen LogP contribution in [-0.4, -0.2) is 31.8 Å². The van der Waals surface area contributed by atoms with Crippen molar-refractivity contribution >= 4 is 17.1 Å². The number of benzene rings is 2. The lowest BCUT2D eigenvalue weighted by Crippen LogP contribution is -2.27. The van der Waals surface area contributed by atoms with Gasteiger partial charge in [0, 0.05) is 32.0 Å². The van der Waals surface area contributed by atoms with Crippen molar-refractivity contribution in [3.63, 3.8) is 0 Å². The van der Waals surface area contributed by atoms with Crippen LogP contribution in [0, 0.1) is 13.8 Å². The molecule has 0 saturated carbocycles. The highest BCUT2D eigenvalue weighted by molar-refractivity contribution is 5.77. The third-order valence-corrected chi connectivity index (χ3v) is 5.74. The van der Waals surface area contributed by atoms with E-state index < -0.39 is 0 Å². The highest BCUT2D eigenvalue weighted by Crippen LogP contribution is 2.20. The molecular formula is C26H29N5O3. The summed E-state index contributed by atoms with van der Waals surface area (Å²) in [6.07, 6.45) is 0.409. The van der Waals surface area contributed by atoms with E-state index in [1.807, 2.05) is 69.3 Å². The Labute approximate surface area is 198 Å². The molecule has 0 bridgehead atoms. The Balaban J connectivity index is 1.51. The Kier molecular flexibility index (Phi) is 6.77. The van der Waals surface area contributed by atoms with Crippen LogP contribution in [0.4, 0.5) is 0 Å². The van der Waals surface area contributed by atoms with Gasteiger partial charge in [0.1, 0.15) is 17.0 Å². The van der Waals surface area contributed by atoms with Crippen LogP contribution in [0.5, 0.6) is 5.75 Å². The van der Waals surface area contributed by atoms with Crippen molar-refractivity contribution < 1.29 is 9.53 Å². The summed E-state index contributed by atoms with van der Waals surface area (Å²) in [5.41, 5.74) is 5.06. The molecule has 1 N–H and O–H groups in total. The third kappa shape index (κ3) is 4.71. The quantitative estimate of drug-likeness (QED) is 0.436. The van der Waals surface area contributed by atoms with Gasteiger partial charge >= 0.3 is 0 Å². The fourth-order valence-electron chi connectivity index (χ4n) is 3.90. The minimum Gasteiger partial charge on any atom is -0.494 e. The number of amides is 1. The number of rotatable bonds is 8. The summed E-state index contributed by atoms with van der Waals surface area (Å²) in [4.78, 5) is 30.2. The minimum atomic E-state index is -0.227. The summed E-state index contributed by atoms with van der Waals surface area (Å²) in [6.45, 7) is 6.74. The maximum atomic E-state index is 13.0. The smallest absolute Gasteiger partial charge is 0.273 e. The number of hydrogen-bond donors (Lipinski definition) is 1. The summed E-state index contributed by atoms with van der Waals surface area (Å²) in [5.74, 6) is 0.606. The van der Waals surface area contributed by atoms with Gasteiger partial charge in [-0.2, -0.15) is 5.10 Å². The van der Waals surface area contributed by atoms with Crippen LogP contribution >= 0.6 is 0 Å². The van der Waals surface area contributed by atoms with Crippen molar-refractivity contribution in [1.29, 1.82) is 0 Å². The number of para-hydroxylation sites is 1. The molecule has 2 heterocycles. The summed E-state index contributed by atoms with van der Waals surface area (Å²) in [5, 5.41) is 7.53. The molecule has 0 atom stereocenters. The first-order valence-corrected chi connectivity index (χ1v) is 11.4. The lowest BCUT2D eigenvalue weighted by Gasteiger charge is -2.11. The molecule has 2 aromatic heterocycles. The van der Waals surface area contributed by atoms with E-state index in [0.29, 0.717) is 30.0 Å². The molecule has 1 amide bonds. The number of fused-ring (bicyclic) bond motifs is 1. The minimum absolute atomic E-state index is 0.151. The van der Waals surface area contributed by atoms with Crippen LogP contribution in [-0.2, 0) is 24.8 Å². The van der Waals surface area contributed by atoms with E-state index in [2.05, 4.69) is 15.4 Å². The monoisotopic (exact) mass is 459 g/mol. The highest BCUT2D eigenvalue weighted by Gasteiger charge is 2.18. The van der Waals surface area contributed by atoms with Crippen molar-refractivity contribution in [3.8, 4) is 11.4 Å². The number of ether oxygens (including phenoxy) is 1. The van der Waals surface area contributed by atoms with Gasteiger partial charge in [-0.15, -0.1) is 0 Å². The van der Waals surface area contributed by atoms with E-state index in [0.717, 1.165) is 28.3 Å². The van der Waals surface area contributed by atoms with E-state index in [1.165, 1.54) is 0 Å². The van der Waals surface area contributed by atoms with Crippen molar-refractivity contribution in [2.45, 2.75) is 40.2 Å². The van der Waals surface area contributed by atoms with Gasteiger partial charge in [-0.05, 0) is 39.0 Å². The normalized spacial score (nSPS) is 11.1. The molecule has 2 aromatic carbocycles. The molecule has 8 nitrogen and oxygen atoms in total. The molecule has 176 valence electrons. The second kappa shape index (κ2) is 9.91. The number of carbonyl (C=O) groups excluding carboxylic acids is 1. The Bertz CT molecular complexity index is 1390. The van der Waals surface area contributed by atoms with Gasteiger partial charge in [0.25, 0.3) is 5.56 Å². The molecule has 0 aliphatic rings. The first-order valence-electron chi connectivity index (χ1n) is 11.4. The van der Waals surface area contributed by atoms with Crippen LogP contribution in [0.1, 0.15) is 35.9 Å². The predicted octanol–water partition coefficient (Wildman–Crippen LogP) is 3.38. The molecular weight excluding hydrogens is 430 g/mol. The molecule has 34 heavy (non-hydrogen) atoms. The second-order valence-electron chi connectivity index (χ2n) is 8.25. The van der Waals surface area contributed by atoms with Gasteiger partial charge in [-0.1, -0.05) is 35.9 Å². The maximum absolute atomic E-state index is 13.0. The Morgan fingerprint density at radius 3 is 2.56 bits per heavy atom. The number of aromatic nitrogens is 4. The number of carbonyl (C=O) groups is 1. The van der Waals surface area contributed by atoms with Gasteiger partial charge in [0.15, 0.2) is 5.65 Å². The summed E-state index contributed by atoms with van der Waals surface area (Å²) in [6, 6.07) is 15.6. The fraction of sp³-hybridized carbons (Fsp3) is 0.308. The molecule has 0 aliphatic carbocycles. The molecule has 0 aliphatic heterocycles. The van der Waals surface area contributed by atoms with Crippen molar-refractivity contribution in [1.82, 2.24) is 24.6 Å². The van der Waals surface area contributed by atoms with Crippen molar-refractivity contribution in [2.24, 2.45) is 7.05 Å². The zero-order valence-electron chi connectivity index (χ0n) is 20.0. The van der Waals surface area contributed by atoms with Crippen LogP contribution in [0.3, 0.4) is 0 Å². The SMILES string of the molecule is CCOc1ccccc1CNC(=O)CCc1nc2c(C)nn(-c3ccc(C)cc3)c2n(C)c1=O. The van der Waals surface area contributed by atoms with Crippen LogP contribution < -0.4 is 15.6 Å². The zero-order valence-corrected chi connectivity index (χ0v) is 20.0. The Hall–Kier alpha value is -3.94. The molecule has 0 unspecified atom stereocenters. The van der Waals surface area contributed by atoms with E-state index in [4.69, 9.17) is 4.74 Å². The van der Waals surface area contributed by atoms with E-state index in [-0.39, 0.29) is 24.3 Å². The molecule has 0 fully saturated rings. The number of nitrogens with zero attached hydrogens (tertiary/aromatic N) is 4. The molecule has 0 radical (unpaired) electrons. The van der Waals surface area contributed by atoms with Gasteiger partial charge in [-0.3, -0.25) is 14.2 Å². The van der Waals surface area contributed by atoms with Crippen LogP contribution in [0.15, 0.2) is 53.3 Å². The van der Waals surface area contributed by atoms with E-state index in [9.17, 15) is 9.59 Å². The number of nitrogens with one attached hydrogen (secondary N) is 1. The number of hydrogen-bond acceptors (Lipinski definition) is 5. The fourth-order valence-corrected chi connectivity index (χ4v) is 3.90. The first kappa shape index (κ1) is 23.2. The van der Waals surface area contributed by atoms with Crippen molar-refractivity contribution in [3.05, 3.63) is 81.4 Å². The van der Waals surface area contributed by atoms with Gasteiger partial charge in [-0.25, -0.2) is 9.67 Å². The third-order valence-electron chi connectivity index (χ3n) is 5.74. The lowest BCUT2D eigenvalue weighted by atomic mass is 10.2. The Morgan fingerprint density at radius 2 is 1.82 bits per heavy atom. The van der Waals surface area contributed by atoms with Gasteiger partial charge in [0.2, 0.25) is 5.91 Å². The first-order chi connectivity index (χ1) is 16.4. The molecule has 4 aromatic rings. The topological polar surface area (TPSA) is 91.0 Å². The second-order valence-corrected chi connectivity index (χ2v) is 8.25. The molecule has 4 rings (SSSR count). The van der Waals surface area contributed by atoms with Crippen LogP contribution in [0.2, 0.25) is 0 Å². The molecule has 8 heteroatoms. The van der Waals surface area contributed by atoms with E-state index in [1.54, 1.807) is 16.3 Å². The van der Waals surface area contributed by atoms with E-state index >= 15 is 0 Å². The van der Waals surface area contributed by atoms with Gasteiger partial charge in [0.05, 0.1) is 18.0 Å². The maximum Gasteiger partial charge on any atom is 0.273 e. The average Bonchev–Trinajstić information content (AvgIpc) is 3.16. The zero-order chi connectivity index (χ0) is 24.2. The summed E-state index contributed by atoms with van der Waals surface area (Å²) >= 11 is 0. The highest BCUT2D eigenvalue weighted by atomic mass is 16.5. The number of aryl methyl sites for hydroxylation is 4. The molecule has 0 saturated heterocycles. The molecule has 0 spiro atoms. The standard InChI is InChI=1S/C26H29N5O3/c1-5-34-22-9-7-6-8-19(22)16-27-23(32)15-14-21-26(33)30(4)25-24(28-21)18(3)29-31(25)20-12-10-17(2)11-13-20/h6-13H,5,14-16H2,1-4H3,(H,27,32). The largest absolute Gasteiger partial charge is 0.494 e. The summed E-state index contributed by atoms with van der Waals surface area (Å²) < 4.78 is 8.91. The van der Waals surface area contributed by atoms with Crippen LogP contribution in [0.25, 0.3) is 16.9 Å². The average molecular weight is 460 g/mol. The predicted molar refractivity (Wildman–Crippen MR) is 131 cm³/mol. The summed E-state index contributed by atoms with van der Waals surface area (Å²) in [7, 11) is 1.71.